The number of nitrogens with one attached hydrogen (secondary N) is 1. The van der Waals surface area contributed by atoms with E-state index in [-0.39, 0.29) is 23.1 Å². The van der Waals surface area contributed by atoms with Gasteiger partial charge in [0, 0.05) is 11.5 Å². The van der Waals surface area contributed by atoms with E-state index < -0.39 is 6.36 Å². The van der Waals surface area contributed by atoms with Crippen LogP contribution in [-0.4, -0.2) is 29.2 Å². The van der Waals surface area contributed by atoms with Crippen molar-refractivity contribution in [3.05, 3.63) is 36.4 Å². The lowest BCUT2D eigenvalue weighted by Gasteiger charge is -2.25. The van der Waals surface area contributed by atoms with Gasteiger partial charge in [0.2, 0.25) is 12.3 Å². The van der Waals surface area contributed by atoms with E-state index in [0.29, 0.717) is 29.2 Å². The van der Waals surface area contributed by atoms with Crippen LogP contribution in [0.3, 0.4) is 0 Å². The first kappa shape index (κ1) is 20.2. The minimum Gasteiger partial charge on any atom is -0.406 e. The van der Waals surface area contributed by atoms with E-state index in [1.165, 1.54) is 29.2 Å². The van der Waals surface area contributed by atoms with Gasteiger partial charge < -0.3 is 10.1 Å². The van der Waals surface area contributed by atoms with Gasteiger partial charge in [-0.3, -0.25) is 14.5 Å². The minimum absolute atomic E-state index is 0.0270. The van der Waals surface area contributed by atoms with Crippen LogP contribution in [0.4, 0.5) is 24.8 Å². The third-order valence-corrected chi connectivity index (χ3v) is 5.34. The highest BCUT2D eigenvalue weighted by molar-refractivity contribution is 5.94. The summed E-state index contributed by atoms with van der Waals surface area (Å²) in [6.07, 6.45) is -0.716. The van der Waals surface area contributed by atoms with Crippen molar-refractivity contribution in [2.45, 2.75) is 44.5 Å². The third kappa shape index (κ3) is 4.55. The molecule has 0 saturated heterocycles. The average molecular weight is 419 g/mol. The molecule has 6 nitrogen and oxygen atoms in total. The number of rotatable bonds is 7. The quantitative estimate of drug-likeness (QED) is 0.671. The second-order valence-corrected chi connectivity index (χ2v) is 7.91. The monoisotopic (exact) mass is 419 g/mol. The first-order chi connectivity index (χ1) is 14.2. The first-order valence-corrected chi connectivity index (χ1v) is 9.61. The molecule has 0 atom stereocenters. The van der Waals surface area contributed by atoms with E-state index in [0.717, 1.165) is 25.7 Å². The summed E-state index contributed by atoms with van der Waals surface area (Å²) in [7, 11) is 0. The largest absolute Gasteiger partial charge is 0.573 e. The molecule has 1 N–H and O–H groups in total. The number of carbonyl (C=O) groups is 2. The number of amides is 2. The van der Waals surface area contributed by atoms with Gasteiger partial charge in [-0.15, -0.1) is 13.2 Å². The highest BCUT2D eigenvalue weighted by Crippen LogP contribution is 2.43. The fourth-order valence-corrected chi connectivity index (χ4v) is 3.17. The summed E-state index contributed by atoms with van der Waals surface area (Å²) < 4.78 is 41.1. The number of hydrogen-bond donors (Lipinski definition) is 1. The Kier molecular flexibility index (Phi) is 4.91. The number of benzene rings is 1. The molecule has 1 heterocycles. The molecular formula is C21H20F3N3O3. The number of aromatic nitrogens is 1. The van der Waals surface area contributed by atoms with Crippen molar-refractivity contribution in [3.63, 3.8) is 0 Å². The van der Waals surface area contributed by atoms with Gasteiger partial charge in [0.15, 0.2) is 0 Å². The number of hydrogen-bond acceptors (Lipinski definition) is 4. The van der Waals surface area contributed by atoms with Crippen LogP contribution in [0.1, 0.15) is 32.6 Å². The molecule has 2 fully saturated rings. The predicted octanol–water partition coefficient (Wildman–Crippen LogP) is 4.51. The Hall–Kier alpha value is -3.10. The fourth-order valence-electron chi connectivity index (χ4n) is 3.17. The van der Waals surface area contributed by atoms with Crippen LogP contribution in [0, 0.1) is 5.92 Å². The Morgan fingerprint density at radius 1 is 1.20 bits per heavy atom. The molecule has 2 aliphatic rings. The Morgan fingerprint density at radius 2 is 1.87 bits per heavy atom. The lowest BCUT2D eigenvalue weighted by Crippen LogP contribution is -2.34. The molecule has 2 saturated carbocycles. The number of nitrogens with zero attached hydrogens (tertiary/aromatic N) is 2. The zero-order chi connectivity index (χ0) is 21.5. The molecule has 0 bridgehead atoms. The molecule has 1 aromatic heterocycles. The molecule has 0 spiro atoms. The van der Waals surface area contributed by atoms with Crippen molar-refractivity contribution in [1.82, 2.24) is 4.98 Å². The first-order valence-electron chi connectivity index (χ1n) is 9.61. The van der Waals surface area contributed by atoms with Gasteiger partial charge >= 0.3 is 6.36 Å². The Bertz CT molecular complexity index is 968. The molecule has 0 aliphatic heterocycles. The lowest BCUT2D eigenvalue weighted by atomic mass is 10.1. The zero-order valence-electron chi connectivity index (χ0n) is 16.2. The van der Waals surface area contributed by atoms with Crippen molar-refractivity contribution < 1.29 is 27.5 Å². The van der Waals surface area contributed by atoms with Gasteiger partial charge in [-0.2, -0.15) is 0 Å². The molecule has 9 heteroatoms. The van der Waals surface area contributed by atoms with E-state index in [9.17, 15) is 22.8 Å². The molecule has 2 aromatic rings. The Labute approximate surface area is 171 Å². The number of pyridine rings is 1. The van der Waals surface area contributed by atoms with Crippen LogP contribution >= 0.6 is 0 Å². The van der Waals surface area contributed by atoms with E-state index in [4.69, 9.17) is 0 Å². The van der Waals surface area contributed by atoms with E-state index in [1.54, 1.807) is 12.1 Å². The van der Waals surface area contributed by atoms with Gasteiger partial charge in [0.25, 0.3) is 0 Å². The van der Waals surface area contributed by atoms with Crippen LogP contribution < -0.4 is 15.0 Å². The maximum atomic E-state index is 12.4. The van der Waals surface area contributed by atoms with Crippen molar-refractivity contribution >= 4 is 24.0 Å². The SMILES string of the molecule is CC1(N(C=O)c2cc(-c3ccc(OC(F)(F)F)cc3)cc(NC(=O)C3CC3)n2)CC1. The average Bonchev–Trinajstić information content (AvgIpc) is 3.58. The molecule has 2 aliphatic carbocycles. The summed E-state index contributed by atoms with van der Waals surface area (Å²) in [4.78, 5) is 29.9. The molecule has 4 rings (SSSR count). The van der Waals surface area contributed by atoms with Crippen molar-refractivity contribution in [2.75, 3.05) is 10.2 Å². The molecule has 30 heavy (non-hydrogen) atoms. The maximum Gasteiger partial charge on any atom is 0.573 e. The van der Waals surface area contributed by atoms with Gasteiger partial charge in [0.1, 0.15) is 17.4 Å². The number of halogens is 3. The molecule has 0 unspecified atom stereocenters. The second kappa shape index (κ2) is 7.30. The van der Waals surface area contributed by atoms with E-state index >= 15 is 0 Å². The highest BCUT2D eigenvalue weighted by atomic mass is 19.4. The summed E-state index contributed by atoms with van der Waals surface area (Å²) in [6.45, 7) is 1.95. The van der Waals surface area contributed by atoms with Crippen molar-refractivity contribution in [3.8, 4) is 16.9 Å². The van der Waals surface area contributed by atoms with Crippen LogP contribution in [-0.2, 0) is 9.59 Å². The number of ether oxygens (including phenoxy) is 1. The highest BCUT2D eigenvalue weighted by Gasteiger charge is 2.44. The van der Waals surface area contributed by atoms with Gasteiger partial charge in [-0.1, -0.05) is 12.1 Å². The minimum atomic E-state index is -4.77. The number of carbonyl (C=O) groups excluding carboxylic acids is 2. The summed E-state index contributed by atoms with van der Waals surface area (Å²) in [5.74, 6) is 0.189. The Morgan fingerprint density at radius 3 is 2.40 bits per heavy atom. The fraction of sp³-hybridized carbons (Fsp3) is 0.381. The smallest absolute Gasteiger partial charge is 0.406 e. The number of anilines is 2. The van der Waals surface area contributed by atoms with Crippen molar-refractivity contribution in [1.29, 1.82) is 0 Å². The van der Waals surface area contributed by atoms with Crippen LogP contribution in [0.2, 0.25) is 0 Å². The predicted molar refractivity (Wildman–Crippen MR) is 104 cm³/mol. The van der Waals surface area contributed by atoms with Gasteiger partial charge in [-0.25, -0.2) is 4.98 Å². The second-order valence-electron chi connectivity index (χ2n) is 7.91. The number of alkyl halides is 3. The van der Waals surface area contributed by atoms with E-state index in [1.807, 2.05) is 6.92 Å². The third-order valence-electron chi connectivity index (χ3n) is 5.34. The zero-order valence-corrected chi connectivity index (χ0v) is 16.2. The molecule has 1 aromatic carbocycles. The standard InChI is InChI=1S/C21H20F3N3O3/c1-20(8-9-20)27(12-28)18-11-15(10-17(25-18)26-19(29)14-2-3-14)13-4-6-16(7-5-13)30-21(22,23)24/h4-7,10-12,14H,2-3,8-9H2,1H3,(H,25,26,29). The molecule has 158 valence electrons. The van der Waals surface area contributed by atoms with Gasteiger partial charge in [0.05, 0.1) is 0 Å². The maximum absolute atomic E-state index is 12.4. The van der Waals surface area contributed by atoms with Crippen LogP contribution in [0.5, 0.6) is 5.75 Å². The van der Waals surface area contributed by atoms with E-state index in [2.05, 4.69) is 15.0 Å². The summed E-state index contributed by atoms with van der Waals surface area (Å²) >= 11 is 0. The Balaban J connectivity index is 1.67. The van der Waals surface area contributed by atoms with Crippen molar-refractivity contribution in [2.24, 2.45) is 5.92 Å². The van der Waals surface area contributed by atoms with Gasteiger partial charge in [-0.05, 0) is 68.0 Å². The topological polar surface area (TPSA) is 71.5 Å². The summed E-state index contributed by atoms with van der Waals surface area (Å²) in [5.41, 5.74) is 0.887. The van der Waals surface area contributed by atoms with Crippen LogP contribution in [0.15, 0.2) is 36.4 Å². The molecule has 0 radical (unpaired) electrons. The van der Waals surface area contributed by atoms with Crippen LogP contribution in [0.25, 0.3) is 11.1 Å². The molecular weight excluding hydrogens is 399 g/mol. The molecule has 2 amide bonds. The lowest BCUT2D eigenvalue weighted by molar-refractivity contribution is -0.274. The normalized spacial score (nSPS) is 17.2. The summed E-state index contributed by atoms with van der Waals surface area (Å²) in [6, 6.07) is 8.72. The summed E-state index contributed by atoms with van der Waals surface area (Å²) in [5, 5.41) is 2.78.